The number of carboxylic acids is 1. The fraction of sp³-hybridized carbons (Fsp3) is 0.414. The summed E-state index contributed by atoms with van der Waals surface area (Å²) in [6.45, 7) is 5.77. The number of likely N-dealkylation sites (tertiary alicyclic amines) is 1. The van der Waals surface area contributed by atoms with Crippen LogP contribution >= 0.6 is 0 Å². The van der Waals surface area contributed by atoms with Crippen molar-refractivity contribution in [3.05, 3.63) is 65.4 Å². The average Bonchev–Trinajstić information content (AvgIpc) is 3.31. The maximum atomic E-state index is 11.2. The number of hydrogen-bond acceptors (Lipinski definition) is 7. The van der Waals surface area contributed by atoms with Crippen LogP contribution in [0.2, 0.25) is 0 Å². The van der Waals surface area contributed by atoms with Crippen molar-refractivity contribution in [1.82, 2.24) is 4.90 Å². The van der Waals surface area contributed by atoms with Crippen LogP contribution in [0.1, 0.15) is 60.9 Å². The van der Waals surface area contributed by atoms with Crippen molar-refractivity contribution in [2.45, 2.75) is 63.5 Å². The highest BCUT2D eigenvalue weighted by Crippen LogP contribution is 2.53. The first-order valence-corrected chi connectivity index (χ1v) is 12.8. The third kappa shape index (κ3) is 4.24. The van der Waals surface area contributed by atoms with E-state index in [1.807, 2.05) is 18.2 Å². The van der Waals surface area contributed by atoms with Crippen LogP contribution in [0, 0.1) is 5.92 Å². The molecule has 4 atom stereocenters. The van der Waals surface area contributed by atoms with Crippen LogP contribution in [0.5, 0.6) is 17.2 Å². The zero-order valence-corrected chi connectivity index (χ0v) is 20.9. The van der Waals surface area contributed by atoms with E-state index in [0.717, 1.165) is 37.1 Å². The van der Waals surface area contributed by atoms with Gasteiger partial charge in [0, 0.05) is 29.2 Å². The van der Waals surface area contributed by atoms with Gasteiger partial charge in [-0.25, -0.2) is 4.79 Å². The van der Waals surface area contributed by atoms with E-state index in [1.165, 1.54) is 12.1 Å². The average molecular weight is 506 g/mol. The van der Waals surface area contributed by atoms with E-state index >= 15 is 0 Å². The summed E-state index contributed by atoms with van der Waals surface area (Å²) in [7, 11) is 0. The van der Waals surface area contributed by atoms with Crippen LogP contribution in [0.15, 0.2) is 52.9 Å². The first-order valence-electron chi connectivity index (χ1n) is 12.8. The molecule has 1 aromatic heterocycles. The Morgan fingerprint density at radius 1 is 1.11 bits per heavy atom. The van der Waals surface area contributed by atoms with Gasteiger partial charge in [-0.3, -0.25) is 4.90 Å². The fourth-order valence-corrected chi connectivity index (χ4v) is 6.24. The molecule has 37 heavy (non-hydrogen) atoms. The van der Waals surface area contributed by atoms with Crippen molar-refractivity contribution in [3.8, 4) is 28.6 Å². The predicted molar refractivity (Wildman–Crippen MR) is 135 cm³/mol. The molecule has 0 radical (unpaired) electrons. The molecule has 6 rings (SSSR count). The van der Waals surface area contributed by atoms with E-state index in [9.17, 15) is 15.0 Å². The predicted octanol–water partition coefficient (Wildman–Crippen LogP) is 5.34. The number of furan rings is 1. The Bertz CT molecular complexity index is 1350. The molecule has 3 aliphatic heterocycles. The lowest BCUT2D eigenvalue weighted by atomic mass is 9.72. The molecule has 3 N–H and O–H groups in total. The minimum absolute atomic E-state index is 0.0720. The number of carboxylic acid groups (broad SMARTS) is 1. The number of nitrogens with zero attached hydrogens (tertiary/aromatic N) is 1. The molecule has 4 heterocycles. The van der Waals surface area contributed by atoms with Gasteiger partial charge in [-0.2, -0.15) is 0 Å². The maximum Gasteiger partial charge on any atom is 0.339 e. The normalized spacial score (nSPS) is 26.4. The second-order valence-corrected chi connectivity index (χ2v) is 10.8. The monoisotopic (exact) mass is 505 g/mol. The van der Waals surface area contributed by atoms with Gasteiger partial charge in [-0.05, 0) is 76.1 Å². The number of piperidine rings is 1. The topological polar surface area (TPSA) is 113 Å². The van der Waals surface area contributed by atoms with Gasteiger partial charge in [-0.1, -0.05) is 6.07 Å². The lowest BCUT2D eigenvalue weighted by Gasteiger charge is -2.54. The summed E-state index contributed by atoms with van der Waals surface area (Å²) in [5.41, 5.74) is 1.05. The summed E-state index contributed by atoms with van der Waals surface area (Å²) in [5.74, 6) is 0.976. The van der Waals surface area contributed by atoms with Crippen LogP contribution in [-0.2, 0) is 11.3 Å². The Hall–Kier alpha value is -3.49. The lowest BCUT2D eigenvalue weighted by molar-refractivity contribution is -0.191. The van der Waals surface area contributed by atoms with Crippen molar-refractivity contribution in [1.29, 1.82) is 0 Å². The van der Waals surface area contributed by atoms with Gasteiger partial charge in [0.15, 0.2) is 0 Å². The molecule has 0 amide bonds. The number of phenolic OH excluding ortho intramolecular Hbond substituents is 1. The Morgan fingerprint density at radius 2 is 1.95 bits per heavy atom. The summed E-state index contributed by atoms with van der Waals surface area (Å²) in [4.78, 5) is 13.6. The number of benzene rings is 2. The van der Waals surface area contributed by atoms with Gasteiger partial charge in [-0.15, -0.1) is 0 Å². The zero-order valence-electron chi connectivity index (χ0n) is 20.9. The highest BCUT2D eigenvalue weighted by atomic mass is 16.5. The van der Waals surface area contributed by atoms with E-state index in [0.29, 0.717) is 23.6 Å². The SMILES string of the molecule is CC1(C)Oc2cc(O)ccc2[C@H]2O[C@H]3CCCN(Cc4ccc(-c5ccc(C(=O)O)c(O)c5)o4)[C@H]3C[C@@H]21. The summed E-state index contributed by atoms with van der Waals surface area (Å²) >= 11 is 0. The Labute approximate surface area is 215 Å². The quantitative estimate of drug-likeness (QED) is 0.436. The Kier molecular flexibility index (Phi) is 5.69. The Morgan fingerprint density at radius 3 is 2.73 bits per heavy atom. The van der Waals surface area contributed by atoms with Gasteiger partial charge in [0.2, 0.25) is 0 Å². The number of hydrogen-bond donors (Lipinski definition) is 3. The minimum atomic E-state index is -1.17. The van der Waals surface area contributed by atoms with Crippen molar-refractivity contribution in [2.75, 3.05) is 6.54 Å². The maximum absolute atomic E-state index is 11.2. The van der Waals surface area contributed by atoms with Crippen LogP contribution in [0.25, 0.3) is 11.3 Å². The fourth-order valence-electron chi connectivity index (χ4n) is 6.24. The number of aromatic hydroxyl groups is 2. The second-order valence-electron chi connectivity index (χ2n) is 10.8. The molecule has 8 nitrogen and oxygen atoms in total. The molecule has 3 aliphatic rings. The molecular weight excluding hydrogens is 474 g/mol. The summed E-state index contributed by atoms with van der Waals surface area (Å²) in [6.07, 6.45) is 2.98. The molecule has 0 saturated carbocycles. The molecule has 0 spiro atoms. The molecule has 8 heteroatoms. The molecule has 2 saturated heterocycles. The smallest absolute Gasteiger partial charge is 0.339 e. The number of rotatable bonds is 4. The third-order valence-electron chi connectivity index (χ3n) is 8.12. The largest absolute Gasteiger partial charge is 0.508 e. The van der Waals surface area contributed by atoms with Gasteiger partial charge in [0.05, 0.1) is 18.8 Å². The first-order chi connectivity index (χ1) is 17.7. The minimum Gasteiger partial charge on any atom is -0.508 e. The van der Waals surface area contributed by atoms with Crippen LogP contribution in [0.4, 0.5) is 0 Å². The van der Waals surface area contributed by atoms with Gasteiger partial charge >= 0.3 is 5.97 Å². The van der Waals surface area contributed by atoms with Crippen LogP contribution in [0.3, 0.4) is 0 Å². The van der Waals surface area contributed by atoms with Gasteiger partial charge in [0.1, 0.15) is 39.9 Å². The number of carbonyl (C=O) groups is 1. The molecule has 3 aromatic rings. The van der Waals surface area contributed by atoms with E-state index in [4.69, 9.17) is 19.0 Å². The highest BCUT2D eigenvalue weighted by Gasteiger charge is 2.52. The summed E-state index contributed by atoms with van der Waals surface area (Å²) in [5, 5.41) is 29.2. The summed E-state index contributed by atoms with van der Waals surface area (Å²) < 4.78 is 19.2. The number of ether oxygens (including phenoxy) is 2. The van der Waals surface area contributed by atoms with E-state index in [-0.39, 0.29) is 41.2 Å². The third-order valence-corrected chi connectivity index (χ3v) is 8.12. The number of aromatic carboxylic acids is 1. The van der Waals surface area contributed by atoms with E-state index in [2.05, 4.69) is 18.7 Å². The second kappa shape index (κ2) is 8.82. The van der Waals surface area contributed by atoms with Gasteiger partial charge in [0.25, 0.3) is 0 Å². The van der Waals surface area contributed by atoms with E-state index < -0.39 is 11.6 Å². The highest BCUT2D eigenvalue weighted by molar-refractivity contribution is 5.91. The molecule has 0 aliphatic carbocycles. The molecular formula is C29H31NO7. The molecule has 0 bridgehead atoms. The first kappa shape index (κ1) is 23.9. The number of phenols is 2. The van der Waals surface area contributed by atoms with Gasteiger partial charge < -0.3 is 29.2 Å². The molecule has 0 unspecified atom stereocenters. The van der Waals surface area contributed by atoms with E-state index in [1.54, 1.807) is 18.2 Å². The molecule has 194 valence electrons. The van der Waals surface area contributed by atoms with Crippen LogP contribution in [-0.4, -0.2) is 50.5 Å². The standard InChI is InChI=1S/C29H31NO7/c1-29(2)21-14-22-25(36-27(21)20-9-6-17(31)13-26(20)37-29)4-3-11-30(22)15-18-7-10-24(35-18)16-5-8-19(28(33)34)23(32)12-16/h5-10,12-13,21-22,25,27,31-32H,3-4,11,14-15H2,1-2H3,(H,33,34)/t21-,22-,25-,27+/m0/s1. The van der Waals surface area contributed by atoms with Crippen molar-refractivity contribution < 1.29 is 34.0 Å². The molecule has 2 fully saturated rings. The lowest BCUT2D eigenvalue weighted by Crippen LogP contribution is -2.58. The van der Waals surface area contributed by atoms with Crippen molar-refractivity contribution in [2.24, 2.45) is 5.92 Å². The molecule has 2 aromatic carbocycles. The Balaban J connectivity index is 1.22. The summed E-state index contributed by atoms with van der Waals surface area (Å²) in [6, 6.07) is 13.7. The zero-order chi connectivity index (χ0) is 25.9. The van der Waals surface area contributed by atoms with Crippen molar-refractivity contribution in [3.63, 3.8) is 0 Å². The van der Waals surface area contributed by atoms with Crippen molar-refractivity contribution >= 4 is 5.97 Å². The number of fused-ring (bicyclic) bond motifs is 4. The van der Waals surface area contributed by atoms with Crippen LogP contribution < -0.4 is 4.74 Å².